The number of alkyl halides is 1. The molecule has 0 saturated carbocycles. The third kappa shape index (κ3) is 8.10. The Balaban J connectivity index is 1.78. The van der Waals surface area contributed by atoms with E-state index in [4.69, 9.17) is 31.9 Å². The Morgan fingerprint density at radius 3 is 2.64 bits per heavy atom. The standard InChI is InChI=1S/C27H31F2IN10O5/c1-14(40(19(41)11-30)26-37-21-17(28)10-16(12-31)20(29)22(21)38(26)2)45-27(43)39(3)23-15(6-4-8-35-23)13-44-24(42)18(32)7-5-9-36-25(33)34/h4,6,8,10,14,18H,5,7,9,11,13,32H2,1-3H3,(H4,33,34,36)/t14?,18-/m0/s1. The number of nitriles is 1. The van der Waals surface area contributed by atoms with Crippen molar-refractivity contribution in [1.82, 2.24) is 14.5 Å². The maximum Gasteiger partial charge on any atom is 0.417 e. The number of hydrogen-bond donors (Lipinski definition) is 3. The van der Waals surface area contributed by atoms with Crippen molar-refractivity contribution in [1.29, 1.82) is 5.26 Å². The molecule has 18 heteroatoms. The second kappa shape index (κ2) is 15.4. The molecule has 0 aliphatic rings. The monoisotopic (exact) mass is 740 g/mol. The highest BCUT2D eigenvalue weighted by Crippen LogP contribution is 2.30. The summed E-state index contributed by atoms with van der Waals surface area (Å²) in [6.07, 6.45) is -0.139. The highest BCUT2D eigenvalue weighted by Gasteiger charge is 2.32. The Labute approximate surface area is 270 Å². The minimum absolute atomic E-state index is 0.0670. The second-order valence-corrected chi connectivity index (χ2v) is 10.4. The number of fused-ring (bicyclic) bond motifs is 1. The van der Waals surface area contributed by atoms with Gasteiger partial charge in [0.2, 0.25) is 11.9 Å². The van der Waals surface area contributed by atoms with Crippen LogP contribution in [-0.2, 0) is 32.7 Å². The van der Waals surface area contributed by atoms with E-state index in [1.54, 1.807) is 40.8 Å². The van der Waals surface area contributed by atoms with Crippen molar-refractivity contribution < 1.29 is 32.6 Å². The molecule has 3 rings (SSSR count). The molecule has 0 aliphatic heterocycles. The molecule has 0 radical (unpaired) electrons. The molecule has 0 spiro atoms. The number of esters is 1. The van der Waals surface area contributed by atoms with Gasteiger partial charge in [0.05, 0.1) is 9.99 Å². The summed E-state index contributed by atoms with van der Waals surface area (Å²) in [6.45, 7) is 1.41. The van der Waals surface area contributed by atoms with E-state index >= 15 is 0 Å². The Morgan fingerprint density at radius 2 is 2.00 bits per heavy atom. The lowest BCUT2D eigenvalue weighted by molar-refractivity contribution is -0.146. The van der Waals surface area contributed by atoms with Crippen LogP contribution in [0.15, 0.2) is 29.4 Å². The van der Waals surface area contributed by atoms with Crippen LogP contribution in [0.5, 0.6) is 0 Å². The molecule has 240 valence electrons. The Morgan fingerprint density at radius 1 is 1.29 bits per heavy atom. The van der Waals surface area contributed by atoms with Gasteiger partial charge >= 0.3 is 12.1 Å². The lowest BCUT2D eigenvalue weighted by atomic mass is 10.2. The number of aliphatic imine (C=N–C) groups is 1. The van der Waals surface area contributed by atoms with E-state index in [1.807, 2.05) is 0 Å². The molecule has 0 fully saturated rings. The molecular weight excluding hydrogens is 709 g/mol. The van der Waals surface area contributed by atoms with Crippen LogP contribution >= 0.6 is 22.6 Å². The summed E-state index contributed by atoms with van der Waals surface area (Å²) in [5.74, 6) is -3.45. The Hall–Kier alpha value is -4.64. The van der Waals surface area contributed by atoms with E-state index in [1.165, 1.54) is 27.2 Å². The number of hydrogen-bond acceptors (Lipinski definition) is 10. The number of guanidine groups is 1. The summed E-state index contributed by atoms with van der Waals surface area (Å²) in [4.78, 5) is 52.8. The minimum Gasteiger partial charge on any atom is -0.460 e. The molecule has 15 nitrogen and oxygen atoms in total. The molecule has 2 heterocycles. The van der Waals surface area contributed by atoms with Gasteiger partial charge in [0.25, 0.3) is 0 Å². The molecular formula is C27H31F2IN10O5. The second-order valence-electron chi connectivity index (χ2n) is 9.59. The summed E-state index contributed by atoms with van der Waals surface area (Å²) in [5, 5.41) is 9.17. The van der Waals surface area contributed by atoms with E-state index in [-0.39, 0.29) is 40.7 Å². The summed E-state index contributed by atoms with van der Waals surface area (Å²) >= 11 is 1.79. The number of anilines is 2. The number of halogens is 3. The molecule has 45 heavy (non-hydrogen) atoms. The van der Waals surface area contributed by atoms with E-state index in [0.29, 0.717) is 24.6 Å². The van der Waals surface area contributed by atoms with E-state index in [9.17, 15) is 23.2 Å². The smallest absolute Gasteiger partial charge is 0.417 e. The maximum atomic E-state index is 15.0. The largest absolute Gasteiger partial charge is 0.460 e. The third-order valence-corrected chi connectivity index (χ3v) is 7.12. The fourth-order valence-corrected chi connectivity index (χ4v) is 4.60. The van der Waals surface area contributed by atoms with E-state index in [0.717, 1.165) is 14.4 Å². The fraction of sp³-hybridized carbons (Fsp3) is 0.370. The highest BCUT2D eigenvalue weighted by molar-refractivity contribution is 14.1. The maximum absolute atomic E-state index is 15.0. The zero-order valence-electron chi connectivity index (χ0n) is 24.5. The van der Waals surface area contributed by atoms with Crippen LogP contribution in [0.4, 0.5) is 25.3 Å². The number of aryl methyl sites for hydroxylation is 1. The van der Waals surface area contributed by atoms with Crippen molar-refractivity contribution in [2.24, 2.45) is 29.2 Å². The van der Waals surface area contributed by atoms with E-state index in [2.05, 4.69) is 15.0 Å². The van der Waals surface area contributed by atoms with Crippen LogP contribution in [0.2, 0.25) is 0 Å². The predicted octanol–water partition coefficient (Wildman–Crippen LogP) is 1.93. The van der Waals surface area contributed by atoms with Gasteiger partial charge in [-0.15, -0.1) is 0 Å². The molecule has 2 amide bonds. The Kier molecular flexibility index (Phi) is 11.9. The predicted molar refractivity (Wildman–Crippen MR) is 168 cm³/mol. The first-order valence-electron chi connectivity index (χ1n) is 13.3. The first kappa shape index (κ1) is 34.8. The number of carbonyl (C=O) groups excluding carboxylic acids is 3. The number of ether oxygens (including phenoxy) is 2. The molecule has 0 bridgehead atoms. The number of nitrogens with two attached hydrogens (primary N) is 3. The van der Waals surface area contributed by atoms with Gasteiger partial charge < -0.3 is 31.2 Å². The van der Waals surface area contributed by atoms with Crippen LogP contribution in [0.3, 0.4) is 0 Å². The van der Waals surface area contributed by atoms with Crippen molar-refractivity contribution >= 4 is 69.3 Å². The zero-order valence-corrected chi connectivity index (χ0v) is 26.7. The van der Waals surface area contributed by atoms with Gasteiger partial charge in [0.1, 0.15) is 35.6 Å². The van der Waals surface area contributed by atoms with Crippen LogP contribution in [0.25, 0.3) is 11.0 Å². The van der Waals surface area contributed by atoms with Gasteiger partial charge in [0.15, 0.2) is 23.8 Å². The molecule has 1 unspecified atom stereocenters. The van der Waals surface area contributed by atoms with Crippen LogP contribution in [-0.4, -0.2) is 68.8 Å². The van der Waals surface area contributed by atoms with Crippen molar-refractivity contribution in [3.63, 3.8) is 0 Å². The SMILES string of the molecule is CC(OC(=O)N(C)c1ncccc1COC(=O)[C@@H](N)CCCN=C(N)N)N(C(=O)CI)c1nc2c(F)cc(C#N)c(F)c2n1C. The number of carbonyl (C=O) groups is 3. The lowest BCUT2D eigenvalue weighted by Gasteiger charge is -2.29. The molecule has 6 N–H and O–H groups in total. The summed E-state index contributed by atoms with van der Waals surface area (Å²) < 4.78 is 41.5. The number of rotatable bonds is 12. The number of amides is 2. The zero-order chi connectivity index (χ0) is 33.4. The molecule has 0 saturated heterocycles. The van der Waals surface area contributed by atoms with Gasteiger partial charge in [-0.2, -0.15) is 5.26 Å². The molecule has 0 aliphatic carbocycles. The van der Waals surface area contributed by atoms with Crippen molar-refractivity contribution in [2.45, 2.75) is 38.6 Å². The number of aromatic nitrogens is 3. The van der Waals surface area contributed by atoms with Gasteiger partial charge in [-0.3, -0.25) is 19.5 Å². The van der Waals surface area contributed by atoms with Crippen LogP contribution < -0.4 is 27.0 Å². The fourth-order valence-electron chi connectivity index (χ4n) is 4.23. The minimum atomic E-state index is -1.32. The third-order valence-electron chi connectivity index (χ3n) is 6.47. The lowest BCUT2D eigenvalue weighted by Crippen LogP contribution is -2.45. The van der Waals surface area contributed by atoms with Gasteiger partial charge in [0, 0.05) is 32.4 Å². The average Bonchev–Trinajstić information content (AvgIpc) is 3.36. The normalized spacial score (nSPS) is 12.1. The molecule has 2 aromatic heterocycles. The number of imidazole rings is 1. The summed E-state index contributed by atoms with van der Waals surface area (Å²) in [5.41, 5.74) is 15.5. The van der Waals surface area contributed by atoms with Gasteiger partial charge in [-0.25, -0.2) is 28.4 Å². The molecule has 3 aromatic rings. The summed E-state index contributed by atoms with van der Waals surface area (Å²) in [6, 6.07) is 4.52. The van der Waals surface area contributed by atoms with Crippen molar-refractivity contribution in [3.05, 3.63) is 47.2 Å². The van der Waals surface area contributed by atoms with Crippen molar-refractivity contribution in [3.8, 4) is 6.07 Å². The first-order chi connectivity index (χ1) is 21.3. The highest BCUT2D eigenvalue weighted by atomic mass is 127. The van der Waals surface area contributed by atoms with Gasteiger partial charge in [-0.1, -0.05) is 28.7 Å². The average molecular weight is 741 g/mol. The van der Waals surface area contributed by atoms with Crippen LogP contribution in [0.1, 0.15) is 30.9 Å². The van der Waals surface area contributed by atoms with Crippen LogP contribution in [0, 0.1) is 23.0 Å². The Bertz CT molecular complexity index is 1660. The number of benzene rings is 1. The quantitative estimate of drug-likeness (QED) is 0.0463. The van der Waals surface area contributed by atoms with Crippen molar-refractivity contribution in [2.75, 3.05) is 27.8 Å². The summed E-state index contributed by atoms with van der Waals surface area (Å²) in [7, 11) is 2.69. The first-order valence-corrected chi connectivity index (χ1v) is 14.8. The topological polar surface area (TPSA) is 221 Å². The number of pyridine rings is 1. The molecule has 1 aromatic carbocycles. The van der Waals surface area contributed by atoms with E-state index < -0.39 is 53.0 Å². The molecule has 2 atom stereocenters. The van der Waals surface area contributed by atoms with Gasteiger partial charge in [-0.05, 0) is 31.9 Å². The number of nitrogens with zero attached hydrogens (tertiary/aromatic N) is 7.